The van der Waals surface area contributed by atoms with E-state index in [1.54, 1.807) is 0 Å². The van der Waals surface area contributed by atoms with Gasteiger partial charge in [-0.25, -0.2) is 0 Å². The average molecular weight is 319 g/mol. The fourth-order valence-electron chi connectivity index (χ4n) is 5.48. The van der Waals surface area contributed by atoms with E-state index in [0.717, 1.165) is 32.1 Å². The standard InChI is InChI=1S/C21H34O2/c1-7-15(2)9-11-17-16(3)10-12-18-20(17,4)13-8-14-21(18,5)19(22)23-6/h7,17-18H,3,8-14H2,1-2,4-6H3/t17-,18+,20+,21-/m0/s1. The van der Waals surface area contributed by atoms with Crippen molar-refractivity contribution >= 4 is 5.97 Å². The predicted octanol–water partition coefficient (Wildman–Crippen LogP) is 5.68. The number of carbonyl (C=O) groups excluding carboxylic acids is 1. The molecule has 2 rings (SSSR count). The lowest BCUT2D eigenvalue weighted by molar-refractivity contribution is -0.168. The summed E-state index contributed by atoms with van der Waals surface area (Å²) < 4.78 is 5.19. The summed E-state index contributed by atoms with van der Waals surface area (Å²) in [5.74, 6) is 0.933. The molecule has 0 aromatic rings. The second kappa shape index (κ2) is 6.83. The summed E-state index contributed by atoms with van der Waals surface area (Å²) in [5, 5.41) is 0. The van der Waals surface area contributed by atoms with Crippen molar-refractivity contribution in [2.75, 3.05) is 7.11 Å². The monoisotopic (exact) mass is 318 g/mol. The largest absolute Gasteiger partial charge is 0.469 e. The maximum Gasteiger partial charge on any atom is 0.311 e. The van der Waals surface area contributed by atoms with E-state index < -0.39 is 0 Å². The highest BCUT2D eigenvalue weighted by atomic mass is 16.5. The number of fused-ring (bicyclic) bond motifs is 1. The van der Waals surface area contributed by atoms with Crippen molar-refractivity contribution in [1.82, 2.24) is 0 Å². The minimum Gasteiger partial charge on any atom is -0.469 e. The summed E-state index contributed by atoms with van der Waals surface area (Å²) in [5.41, 5.74) is 2.72. The summed E-state index contributed by atoms with van der Waals surface area (Å²) in [4.78, 5) is 12.5. The Labute approximate surface area is 142 Å². The Morgan fingerprint density at radius 3 is 2.70 bits per heavy atom. The smallest absolute Gasteiger partial charge is 0.311 e. The third-order valence-corrected chi connectivity index (χ3v) is 6.99. The fourth-order valence-corrected chi connectivity index (χ4v) is 5.48. The highest BCUT2D eigenvalue weighted by Gasteiger charge is 2.57. The van der Waals surface area contributed by atoms with E-state index in [4.69, 9.17) is 4.74 Å². The van der Waals surface area contributed by atoms with Crippen molar-refractivity contribution < 1.29 is 9.53 Å². The molecular weight excluding hydrogens is 284 g/mol. The zero-order valence-corrected chi connectivity index (χ0v) is 15.7. The van der Waals surface area contributed by atoms with E-state index in [-0.39, 0.29) is 16.8 Å². The maximum atomic E-state index is 12.5. The van der Waals surface area contributed by atoms with Gasteiger partial charge >= 0.3 is 5.97 Å². The van der Waals surface area contributed by atoms with Crippen LogP contribution < -0.4 is 0 Å². The summed E-state index contributed by atoms with van der Waals surface area (Å²) in [6, 6.07) is 0. The topological polar surface area (TPSA) is 26.3 Å². The number of allylic oxidation sites excluding steroid dienone is 3. The molecule has 0 aliphatic heterocycles. The number of rotatable bonds is 4. The van der Waals surface area contributed by atoms with Crippen LogP contribution in [0, 0.1) is 22.7 Å². The van der Waals surface area contributed by atoms with Crippen molar-refractivity contribution in [1.29, 1.82) is 0 Å². The number of hydrogen-bond acceptors (Lipinski definition) is 2. The Bertz CT molecular complexity index is 504. The summed E-state index contributed by atoms with van der Waals surface area (Å²) in [6.07, 6.45) is 9.95. The van der Waals surface area contributed by atoms with E-state index in [9.17, 15) is 4.79 Å². The number of ether oxygens (including phenoxy) is 1. The van der Waals surface area contributed by atoms with Crippen LogP contribution in [0.5, 0.6) is 0 Å². The van der Waals surface area contributed by atoms with Gasteiger partial charge in [0.15, 0.2) is 0 Å². The Morgan fingerprint density at radius 2 is 2.09 bits per heavy atom. The SMILES string of the molecule is C=C1CC[C@@H]2[C@](C)(CCC[C@]2(C)C(=O)OC)[C@H]1CCC(C)=CC. The molecule has 2 aliphatic rings. The Balaban J connectivity index is 2.31. The molecule has 2 heteroatoms. The van der Waals surface area contributed by atoms with Crippen LogP contribution in [-0.2, 0) is 9.53 Å². The number of hydrogen-bond donors (Lipinski definition) is 0. The van der Waals surface area contributed by atoms with Gasteiger partial charge in [-0.1, -0.05) is 37.1 Å². The van der Waals surface area contributed by atoms with Crippen LogP contribution in [0.2, 0.25) is 0 Å². The van der Waals surface area contributed by atoms with Crippen LogP contribution in [0.4, 0.5) is 0 Å². The minimum absolute atomic E-state index is 0.00989. The molecule has 0 unspecified atom stereocenters. The second-order valence-corrected chi connectivity index (χ2v) is 8.24. The molecule has 0 radical (unpaired) electrons. The molecule has 130 valence electrons. The van der Waals surface area contributed by atoms with Crippen molar-refractivity contribution in [3.63, 3.8) is 0 Å². The molecule has 0 saturated heterocycles. The van der Waals surface area contributed by atoms with Crippen molar-refractivity contribution in [2.45, 2.75) is 72.6 Å². The molecule has 0 amide bonds. The van der Waals surface area contributed by atoms with Crippen LogP contribution in [-0.4, -0.2) is 13.1 Å². The van der Waals surface area contributed by atoms with Crippen LogP contribution >= 0.6 is 0 Å². The molecule has 0 N–H and O–H groups in total. The van der Waals surface area contributed by atoms with E-state index >= 15 is 0 Å². The summed E-state index contributed by atoms with van der Waals surface area (Å²) in [6.45, 7) is 13.3. The second-order valence-electron chi connectivity index (χ2n) is 8.24. The van der Waals surface area contributed by atoms with Crippen molar-refractivity contribution in [3.8, 4) is 0 Å². The van der Waals surface area contributed by atoms with Crippen LogP contribution in [0.1, 0.15) is 72.6 Å². The first-order valence-electron chi connectivity index (χ1n) is 9.17. The van der Waals surface area contributed by atoms with Gasteiger partial charge < -0.3 is 4.74 Å². The summed E-state index contributed by atoms with van der Waals surface area (Å²) in [7, 11) is 1.54. The van der Waals surface area contributed by atoms with Gasteiger partial charge in [-0.15, -0.1) is 0 Å². The maximum absolute atomic E-state index is 12.5. The molecule has 2 nitrogen and oxygen atoms in total. The molecule has 0 aromatic heterocycles. The van der Waals surface area contributed by atoms with Crippen LogP contribution in [0.15, 0.2) is 23.8 Å². The third kappa shape index (κ3) is 3.14. The Morgan fingerprint density at radius 1 is 1.39 bits per heavy atom. The first kappa shape index (κ1) is 18.3. The quantitative estimate of drug-likeness (QED) is 0.492. The van der Waals surface area contributed by atoms with Gasteiger partial charge in [-0.2, -0.15) is 0 Å². The van der Waals surface area contributed by atoms with Crippen molar-refractivity contribution in [3.05, 3.63) is 23.8 Å². The lowest BCUT2D eigenvalue weighted by Crippen LogP contribution is -2.53. The minimum atomic E-state index is -0.323. The predicted molar refractivity (Wildman–Crippen MR) is 96.1 cm³/mol. The molecule has 2 saturated carbocycles. The molecule has 0 spiro atoms. The zero-order valence-electron chi connectivity index (χ0n) is 15.7. The van der Waals surface area contributed by atoms with E-state index in [2.05, 4.69) is 40.3 Å². The summed E-state index contributed by atoms with van der Waals surface area (Å²) >= 11 is 0. The van der Waals surface area contributed by atoms with Crippen LogP contribution in [0.25, 0.3) is 0 Å². The average Bonchev–Trinajstić information content (AvgIpc) is 2.52. The lowest BCUT2D eigenvalue weighted by atomic mass is 9.46. The highest BCUT2D eigenvalue weighted by molar-refractivity contribution is 5.77. The van der Waals surface area contributed by atoms with Gasteiger partial charge in [0.05, 0.1) is 12.5 Å². The molecule has 2 fully saturated rings. The molecule has 23 heavy (non-hydrogen) atoms. The molecule has 0 heterocycles. The Hall–Kier alpha value is -1.05. The Kier molecular flexibility index (Phi) is 5.43. The number of carbonyl (C=O) groups is 1. The van der Waals surface area contributed by atoms with Gasteiger partial charge in [0.25, 0.3) is 0 Å². The van der Waals surface area contributed by atoms with Gasteiger partial charge in [0, 0.05) is 0 Å². The highest BCUT2D eigenvalue weighted by Crippen LogP contribution is 2.62. The normalized spacial score (nSPS) is 38.1. The van der Waals surface area contributed by atoms with E-state index in [0.29, 0.717) is 11.8 Å². The van der Waals surface area contributed by atoms with Gasteiger partial charge in [-0.3, -0.25) is 4.79 Å². The fraction of sp³-hybridized carbons (Fsp3) is 0.762. The van der Waals surface area contributed by atoms with Gasteiger partial charge in [0.1, 0.15) is 0 Å². The first-order valence-corrected chi connectivity index (χ1v) is 9.17. The van der Waals surface area contributed by atoms with Crippen molar-refractivity contribution in [2.24, 2.45) is 22.7 Å². The molecule has 2 aliphatic carbocycles. The number of esters is 1. The lowest BCUT2D eigenvalue weighted by Gasteiger charge is -2.57. The molecule has 4 atom stereocenters. The van der Waals surface area contributed by atoms with E-state index in [1.165, 1.54) is 31.1 Å². The van der Waals surface area contributed by atoms with Gasteiger partial charge in [-0.05, 0) is 76.5 Å². The zero-order chi connectivity index (χ0) is 17.3. The molecular formula is C21H34O2. The number of methoxy groups -OCH3 is 1. The molecule has 0 aromatic carbocycles. The van der Waals surface area contributed by atoms with E-state index in [1.807, 2.05) is 0 Å². The van der Waals surface area contributed by atoms with Crippen LogP contribution in [0.3, 0.4) is 0 Å². The first-order chi connectivity index (χ1) is 10.8. The third-order valence-electron chi connectivity index (χ3n) is 6.99. The van der Waals surface area contributed by atoms with Gasteiger partial charge in [0.2, 0.25) is 0 Å². The molecule has 0 bridgehead atoms.